The minimum absolute atomic E-state index is 0.00787. The van der Waals surface area contributed by atoms with Gasteiger partial charge < -0.3 is 16.4 Å². The van der Waals surface area contributed by atoms with Crippen LogP contribution in [0.1, 0.15) is 22.5 Å². The summed E-state index contributed by atoms with van der Waals surface area (Å²) in [5, 5.41) is 6.07. The van der Waals surface area contributed by atoms with Crippen molar-refractivity contribution in [3.05, 3.63) is 107 Å². The number of benzene rings is 3. The molecule has 1 saturated heterocycles. The van der Waals surface area contributed by atoms with Gasteiger partial charge in [-0.1, -0.05) is 78.4 Å². The lowest BCUT2D eigenvalue weighted by atomic mass is 9.84. The van der Waals surface area contributed by atoms with Crippen LogP contribution in [-0.4, -0.2) is 37.3 Å². The maximum absolute atomic E-state index is 13.9. The zero-order valence-electron chi connectivity index (χ0n) is 20.4. The summed E-state index contributed by atoms with van der Waals surface area (Å²) in [4.78, 5) is 40.9. The van der Waals surface area contributed by atoms with Crippen molar-refractivity contribution in [2.24, 2.45) is 0 Å². The molecule has 0 aliphatic carbocycles. The summed E-state index contributed by atoms with van der Waals surface area (Å²) in [6, 6.07) is 26.5. The van der Waals surface area contributed by atoms with Gasteiger partial charge in [0.25, 0.3) is 5.91 Å². The molecule has 0 saturated carbocycles. The van der Waals surface area contributed by atoms with Gasteiger partial charge in [0.2, 0.25) is 11.9 Å². The zero-order chi connectivity index (χ0) is 25.8. The molecule has 0 spiro atoms. The first-order valence-corrected chi connectivity index (χ1v) is 12.0. The van der Waals surface area contributed by atoms with Crippen molar-refractivity contribution >= 4 is 29.5 Å². The molecule has 3 amide bonds. The number of nitrogens with one attached hydrogen (secondary N) is 2. The third-order valence-corrected chi connectivity index (χ3v) is 6.25. The largest absolute Gasteiger partial charge is 0.368 e. The monoisotopic (exact) mass is 493 g/mol. The van der Waals surface area contributed by atoms with Gasteiger partial charge in [0.05, 0.1) is 6.54 Å². The molecule has 2 heterocycles. The molecule has 1 fully saturated rings. The topological polar surface area (TPSA) is 126 Å². The molecule has 0 atom stereocenters. The third-order valence-electron chi connectivity index (χ3n) is 6.25. The first-order valence-electron chi connectivity index (χ1n) is 12.0. The molecular weight excluding hydrogens is 466 g/mol. The second-order valence-corrected chi connectivity index (χ2v) is 9.15. The number of carbonyl (C=O) groups excluding carboxylic acids is 2. The number of hydrogen-bond acceptors (Lipinski definition) is 7. The summed E-state index contributed by atoms with van der Waals surface area (Å²) in [7, 11) is 0. The van der Waals surface area contributed by atoms with E-state index in [9.17, 15) is 9.59 Å². The van der Waals surface area contributed by atoms with Crippen LogP contribution >= 0.6 is 0 Å². The predicted molar refractivity (Wildman–Crippen MR) is 141 cm³/mol. The van der Waals surface area contributed by atoms with Gasteiger partial charge in [0.15, 0.2) is 5.82 Å². The van der Waals surface area contributed by atoms with E-state index in [1.54, 1.807) is 0 Å². The van der Waals surface area contributed by atoms with E-state index in [-0.39, 0.29) is 30.2 Å². The highest BCUT2D eigenvalue weighted by molar-refractivity contribution is 6.07. The second kappa shape index (κ2) is 10.1. The molecular formula is C28H27N7O2. The van der Waals surface area contributed by atoms with Crippen LogP contribution in [0.2, 0.25) is 0 Å². The zero-order valence-corrected chi connectivity index (χ0v) is 20.4. The van der Waals surface area contributed by atoms with Gasteiger partial charge >= 0.3 is 6.03 Å². The summed E-state index contributed by atoms with van der Waals surface area (Å²) in [6.45, 7) is 1.86. The number of nitrogen functional groups attached to an aromatic ring is 1. The van der Waals surface area contributed by atoms with Crippen LogP contribution in [-0.2, 0) is 24.2 Å². The molecule has 0 radical (unpaired) electrons. The Morgan fingerprint density at radius 1 is 0.838 bits per heavy atom. The van der Waals surface area contributed by atoms with Crippen LogP contribution in [0.15, 0.2) is 84.9 Å². The number of urea groups is 1. The van der Waals surface area contributed by atoms with Gasteiger partial charge in [0, 0.05) is 18.5 Å². The molecule has 1 aliphatic rings. The van der Waals surface area contributed by atoms with Crippen LogP contribution in [0, 0.1) is 6.92 Å². The van der Waals surface area contributed by atoms with Gasteiger partial charge in [-0.2, -0.15) is 15.0 Å². The Labute approximate surface area is 214 Å². The van der Waals surface area contributed by atoms with E-state index >= 15 is 0 Å². The summed E-state index contributed by atoms with van der Waals surface area (Å²) in [5.74, 6) is 0.0998. The van der Waals surface area contributed by atoms with Crippen molar-refractivity contribution in [1.29, 1.82) is 0 Å². The fourth-order valence-electron chi connectivity index (χ4n) is 4.48. The van der Waals surface area contributed by atoms with Crippen molar-refractivity contribution in [2.45, 2.75) is 31.8 Å². The predicted octanol–water partition coefficient (Wildman–Crippen LogP) is 3.78. The Balaban J connectivity index is 1.41. The first kappa shape index (κ1) is 23.9. The molecule has 0 bridgehead atoms. The number of nitrogens with two attached hydrogens (primary N) is 1. The van der Waals surface area contributed by atoms with Crippen molar-refractivity contribution in [3.63, 3.8) is 0 Å². The Hall–Kier alpha value is -4.79. The van der Waals surface area contributed by atoms with E-state index in [1.807, 2.05) is 91.9 Å². The van der Waals surface area contributed by atoms with Gasteiger partial charge in [-0.05, 0) is 30.2 Å². The average Bonchev–Trinajstić information content (AvgIpc) is 3.10. The Morgan fingerprint density at radius 2 is 1.43 bits per heavy atom. The highest BCUT2D eigenvalue weighted by Gasteiger charge is 2.51. The lowest BCUT2D eigenvalue weighted by molar-refractivity contribution is -0.131. The summed E-state index contributed by atoms with van der Waals surface area (Å²) in [6.07, 6.45) is 0.701. The second-order valence-electron chi connectivity index (χ2n) is 9.15. The van der Waals surface area contributed by atoms with E-state index in [2.05, 4.69) is 25.6 Å². The van der Waals surface area contributed by atoms with Crippen LogP contribution < -0.4 is 16.4 Å². The summed E-state index contributed by atoms with van der Waals surface area (Å²) < 4.78 is 0. The number of nitrogens with zero attached hydrogens (tertiary/aromatic N) is 4. The number of hydrogen-bond donors (Lipinski definition) is 3. The van der Waals surface area contributed by atoms with Crippen LogP contribution in [0.4, 0.5) is 22.4 Å². The average molecular weight is 494 g/mol. The van der Waals surface area contributed by atoms with E-state index in [4.69, 9.17) is 5.73 Å². The normalized spacial score (nSPS) is 14.5. The molecule has 4 N–H and O–H groups in total. The molecule has 9 heteroatoms. The quantitative estimate of drug-likeness (QED) is 0.319. The third kappa shape index (κ3) is 5.40. The van der Waals surface area contributed by atoms with Crippen molar-refractivity contribution in [2.75, 3.05) is 11.1 Å². The minimum Gasteiger partial charge on any atom is -0.368 e. The Kier molecular flexibility index (Phi) is 6.51. The molecule has 5 rings (SSSR count). The minimum atomic E-state index is -1.14. The van der Waals surface area contributed by atoms with Gasteiger partial charge in [-0.25, -0.2) is 4.79 Å². The SMILES string of the molecule is Cc1ccc(Nc2nc(N)nc(CN3C(=O)NC(Cc4ccccc4)(Cc4ccccc4)C3=O)n2)cc1. The fraction of sp³-hybridized carbons (Fsp3) is 0.179. The molecule has 9 nitrogen and oxygen atoms in total. The highest BCUT2D eigenvalue weighted by Crippen LogP contribution is 2.28. The van der Waals surface area contributed by atoms with Crippen molar-refractivity contribution < 1.29 is 9.59 Å². The van der Waals surface area contributed by atoms with E-state index < -0.39 is 11.6 Å². The lowest BCUT2D eigenvalue weighted by Crippen LogP contribution is -2.51. The fourth-order valence-corrected chi connectivity index (χ4v) is 4.48. The number of aromatic nitrogens is 3. The number of rotatable bonds is 8. The Morgan fingerprint density at radius 3 is 2.03 bits per heavy atom. The molecule has 4 aromatic rings. The van der Waals surface area contributed by atoms with E-state index in [0.717, 1.165) is 27.3 Å². The standard InChI is InChI=1S/C28H27N7O2/c1-19-12-14-22(15-13-19)30-26-32-23(31-25(29)33-26)18-35-24(36)28(34-27(35)37,16-20-8-4-2-5-9-20)17-21-10-6-3-7-11-21/h2-15H,16-18H2,1H3,(H,34,37)(H3,29,30,31,32,33). The number of anilines is 3. The van der Waals surface area contributed by atoms with E-state index in [1.165, 1.54) is 0 Å². The highest BCUT2D eigenvalue weighted by atomic mass is 16.2. The van der Waals surface area contributed by atoms with Crippen molar-refractivity contribution in [3.8, 4) is 0 Å². The first-order chi connectivity index (χ1) is 17.9. The molecule has 186 valence electrons. The maximum Gasteiger partial charge on any atom is 0.325 e. The van der Waals surface area contributed by atoms with Crippen molar-refractivity contribution in [1.82, 2.24) is 25.2 Å². The number of aryl methyl sites for hydroxylation is 1. The number of amides is 3. The van der Waals surface area contributed by atoms with E-state index in [0.29, 0.717) is 12.8 Å². The smallest absolute Gasteiger partial charge is 0.325 e. The molecule has 0 unspecified atom stereocenters. The molecule has 3 aromatic carbocycles. The van der Waals surface area contributed by atoms with Gasteiger partial charge in [0.1, 0.15) is 5.54 Å². The van der Waals surface area contributed by atoms with Gasteiger partial charge in [-0.3, -0.25) is 9.69 Å². The van der Waals surface area contributed by atoms with Crippen LogP contribution in [0.3, 0.4) is 0 Å². The maximum atomic E-state index is 13.9. The number of imide groups is 1. The number of carbonyl (C=O) groups is 2. The van der Waals surface area contributed by atoms with Crippen LogP contribution in [0.25, 0.3) is 0 Å². The lowest BCUT2D eigenvalue weighted by Gasteiger charge is -2.27. The summed E-state index contributed by atoms with van der Waals surface area (Å²) >= 11 is 0. The molecule has 37 heavy (non-hydrogen) atoms. The Bertz CT molecular complexity index is 1370. The van der Waals surface area contributed by atoms with Gasteiger partial charge in [-0.15, -0.1) is 0 Å². The van der Waals surface area contributed by atoms with Crippen LogP contribution in [0.5, 0.6) is 0 Å². The summed E-state index contributed by atoms with van der Waals surface area (Å²) in [5.41, 5.74) is 8.59. The molecule has 1 aromatic heterocycles. The molecule has 1 aliphatic heterocycles.